The Morgan fingerprint density at radius 3 is 2.32 bits per heavy atom. The minimum atomic E-state index is -0.279. The minimum absolute atomic E-state index is 0.279. The Morgan fingerprint density at radius 1 is 1.00 bits per heavy atom. The number of hydrogen-bond acceptors (Lipinski definition) is 2. The van der Waals surface area contributed by atoms with Crippen molar-refractivity contribution in [2.75, 3.05) is 0 Å². The molecule has 0 N–H and O–H groups in total. The van der Waals surface area contributed by atoms with Gasteiger partial charge in [0.05, 0.1) is 5.56 Å². The average molecular weight is 254 g/mol. The third kappa shape index (κ3) is 3.44. The molecule has 0 aliphatic rings. The zero-order valence-electron chi connectivity index (χ0n) is 11.3. The quantitative estimate of drug-likeness (QED) is 0.765. The van der Waals surface area contributed by atoms with Crippen molar-refractivity contribution in [2.45, 2.75) is 26.4 Å². The summed E-state index contributed by atoms with van der Waals surface area (Å²) >= 11 is 0. The molecule has 0 atom stereocenters. The molecule has 0 bridgehead atoms. The molecule has 0 heterocycles. The van der Waals surface area contributed by atoms with Gasteiger partial charge in [-0.2, -0.15) is 0 Å². The fourth-order valence-electron chi connectivity index (χ4n) is 2.03. The van der Waals surface area contributed by atoms with Gasteiger partial charge < -0.3 is 4.74 Å². The van der Waals surface area contributed by atoms with Crippen LogP contribution in [0.5, 0.6) is 0 Å². The van der Waals surface area contributed by atoms with Gasteiger partial charge in [-0.1, -0.05) is 56.3 Å². The number of esters is 1. The first-order valence-corrected chi connectivity index (χ1v) is 6.48. The van der Waals surface area contributed by atoms with E-state index in [-0.39, 0.29) is 5.97 Å². The van der Waals surface area contributed by atoms with E-state index in [1.807, 2.05) is 36.4 Å². The summed E-state index contributed by atoms with van der Waals surface area (Å²) in [5.41, 5.74) is 2.88. The van der Waals surface area contributed by atoms with Gasteiger partial charge in [-0.05, 0) is 29.2 Å². The zero-order valence-corrected chi connectivity index (χ0v) is 11.3. The molecule has 0 unspecified atom stereocenters. The molecule has 2 aromatic rings. The Hall–Kier alpha value is -2.09. The zero-order chi connectivity index (χ0) is 13.7. The first-order chi connectivity index (χ1) is 9.18. The second-order valence-corrected chi connectivity index (χ2v) is 4.80. The van der Waals surface area contributed by atoms with Gasteiger partial charge in [-0.25, -0.2) is 4.79 Å². The Labute approximate surface area is 114 Å². The van der Waals surface area contributed by atoms with Gasteiger partial charge in [0.2, 0.25) is 0 Å². The normalized spacial score (nSPS) is 10.5. The fraction of sp³-hybridized carbons (Fsp3) is 0.235. The van der Waals surface area contributed by atoms with E-state index in [4.69, 9.17) is 4.74 Å². The molecule has 0 radical (unpaired) electrons. The van der Waals surface area contributed by atoms with Gasteiger partial charge in [0.15, 0.2) is 0 Å². The molecule has 0 fully saturated rings. The largest absolute Gasteiger partial charge is 0.457 e. The van der Waals surface area contributed by atoms with E-state index in [1.54, 1.807) is 12.1 Å². The van der Waals surface area contributed by atoms with Crippen LogP contribution >= 0.6 is 0 Å². The van der Waals surface area contributed by atoms with E-state index in [1.165, 1.54) is 5.56 Å². The summed E-state index contributed by atoms with van der Waals surface area (Å²) in [5, 5.41) is 0. The van der Waals surface area contributed by atoms with Crippen LogP contribution < -0.4 is 0 Å². The molecule has 19 heavy (non-hydrogen) atoms. The van der Waals surface area contributed by atoms with Gasteiger partial charge in [-0.15, -0.1) is 0 Å². The summed E-state index contributed by atoms with van der Waals surface area (Å²) in [7, 11) is 0. The van der Waals surface area contributed by atoms with Crippen LogP contribution in [0.3, 0.4) is 0 Å². The molecule has 0 saturated carbocycles. The maximum absolute atomic E-state index is 11.9. The number of benzene rings is 2. The third-order valence-electron chi connectivity index (χ3n) is 3.05. The van der Waals surface area contributed by atoms with Crippen molar-refractivity contribution < 1.29 is 9.53 Å². The molecule has 98 valence electrons. The lowest BCUT2D eigenvalue weighted by atomic mass is 9.98. The van der Waals surface area contributed by atoms with E-state index in [0.29, 0.717) is 18.1 Å². The van der Waals surface area contributed by atoms with Crippen molar-refractivity contribution >= 4 is 5.97 Å². The van der Waals surface area contributed by atoms with Crippen LogP contribution in [0, 0.1) is 0 Å². The van der Waals surface area contributed by atoms with E-state index in [2.05, 4.69) is 19.9 Å². The number of hydrogen-bond donors (Lipinski definition) is 0. The van der Waals surface area contributed by atoms with E-state index < -0.39 is 0 Å². The van der Waals surface area contributed by atoms with Gasteiger partial charge in [0.1, 0.15) is 6.61 Å². The van der Waals surface area contributed by atoms with E-state index >= 15 is 0 Å². The summed E-state index contributed by atoms with van der Waals surface area (Å²) in [6.45, 7) is 4.60. The van der Waals surface area contributed by atoms with Crippen molar-refractivity contribution in [1.29, 1.82) is 0 Å². The fourth-order valence-corrected chi connectivity index (χ4v) is 2.03. The van der Waals surface area contributed by atoms with Crippen molar-refractivity contribution in [3.63, 3.8) is 0 Å². The van der Waals surface area contributed by atoms with Crippen LogP contribution in [0.2, 0.25) is 0 Å². The van der Waals surface area contributed by atoms with Crippen LogP contribution in [-0.2, 0) is 11.3 Å². The molecule has 2 rings (SSSR count). The number of rotatable bonds is 4. The van der Waals surface area contributed by atoms with Crippen LogP contribution in [-0.4, -0.2) is 5.97 Å². The highest BCUT2D eigenvalue weighted by Crippen LogP contribution is 2.20. The minimum Gasteiger partial charge on any atom is -0.457 e. The summed E-state index contributed by atoms with van der Waals surface area (Å²) in [6, 6.07) is 17.1. The van der Waals surface area contributed by atoms with Crippen molar-refractivity contribution in [3.05, 3.63) is 71.3 Å². The second-order valence-electron chi connectivity index (χ2n) is 4.80. The molecule has 0 amide bonds. The number of carbonyl (C=O) groups is 1. The molecule has 2 nitrogen and oxygen atoms in total. The molecule has 0 spiro atoms. The molecule has 2 aromatic carbocycles. The summed E-state index contributed by atoms with van der Waals surface area (Å²) in [5.74, 6) is 0.144. The van der Waals surface area contributed by atoms with Gasteiger partial charge >= 0.3 is 5.97 Å². The molecule has 0 saturated heterocycles. The standard InChI is InChI=1S/C17H18O2/c1-13(2)16-11-7-6-10-15(16)12-19-17(18)14-8-4-3-5-9-14/h3-11,13H,12H2,1-2H3. The van der Waals surface area contributed by atoms with Crippen molar-refractivity contribution in [3.8, 4) is 0 Å². The van der Waals surface area contributed by atoms with Crippen LogP contribution in [0.15, 0.2) is 54.6 Å². The predicted molar refractivity (Wildman–Crippen MR) is 76.1 cm³/mol. The molecular weight excluding hydrogens is 236 g/mol. The summed E-state index contributed by atoms with van der Waals surface area (Å²) < 4.78 is 5.37. The highest BCUT2D eigenvalue weighted by atomic mass is 16.5. The molecule has 0 aliphatic heterocycles. The monoisotopic (exact) mass is 254 g/mol. The maximum atomic E-state index is 11.9. The lowest BCUT2D eigenvalue weighted by Gasteiger charge is -2.12. The van der Waals surface area contributed by atoms with Crippen LogP contribution in [0.4, 0.5) is 0 Å². The first-order valence-electron chi connectivity index (χ1n) is 6.48. The van der Waals surface area contributed by atoms with Crippen LogP contribution in [0.25, 0.3) is 0 Å². The summed E-state index contributed by atoms with van der Waals surface area (Å²) in [4.78, 5) is 11.9. The Balaban J connectivity index is 2.05. The Morgan fingerprint density at radius 2 is 1.63 bits per heavy atom. The van der Waals surface area contributed by atoms with Gasteiger partial charge in [0, 0.05) is 0 Å². The number of ether oxygens (including phenoxy) is 1. The molecule has 2 heteroatoms. The van der Waals surface area contributed by atoms with E-state index in [0.717, 1.165) is 5.56 Å². The van der Waals surface area contributed by atoms with Gasteiger partial charge in [0.25, 0.3) is 0 Å². The topological polar surface area (TPSA) is 26.3 Å². The number of carbonyl (C=O) groups excluding carboxylic acids is 1. The second kappa shape index (κ2) is 6.19. The lowest BCUT2D eigenvalue weighted by molar-refractivity contribution is 0.0471. The molecular formula is C17H18O2. The Kier molecular flexibility index (Phi) is 4.35. The SMILES string of the molecule is CC(C)c1ccccc1COC(=O)c1ccccc1. The Bertz CT molecular complexity index is 544. The van der Waals surface area contributed by atoms with Crippen LogP contribution in [0.1, 0.15) is 41.3 Å². The van der Waals surface area contributed by atoms with Crippen molar-refractivity contribution in [2.24, 2.45) is 0 Å². The summed E-state index contributed by atoms with van der Waals surface area (Å²) in [6.07, 6.45) is 0. The van der Waals surface area contributed by atoms with Crippen molar-refractivity contribution in [1.82, 2.24) is 0 Å². The molecule has 0 aromatic heterocycles. The smallest absolute Gasteiger partial charge is 0.338 e. The van der Waals surface area contributed by atoms with Gasteiger partial charge in [-0.3, -0.25) is 0 Å². The third-order valence-corrected chi connectivity index (χ3v) is 3.05. The highest BCUT2D eigenvalue weighted by Gasteiger charge is 2.09. The lowest BCUT2D eigenvalue weighted by Crippen LogP contribution is -2.06. The molecule has 0 aliphatic carbocycles. The maximum Gasteiger partial charge on any atom is 0.338 e. The van der Waals surface area contributed by atoms with E-state index in [9.17, 15) is 4.79 Å². The first kappa shape index (κ1) is 13.3. The highest BCUT2D eigenvalue weighted by molar-refractivity contribution is 5.89. The predicted octanol–water partition coefficient (Wildman–Crippen LogP) is 4.17. The average Bonchev–Trinajstić information content (AvgIpc) is 2.46.